The molecule has 1 unspecified atom stereocenters. The molecule has 0 fully saturated rings. The van der Waals surface area contributed by atoms with Gasteiger partial charge < -0.3 is 4.74 Å². The van der Waals surface area contributed by atoms with Gasteiger partial charge in [-0.15, -0.1) is 0 Å². The number of ether oxygens (including phenoxy) is 1. The van der Waals surface area contributed by atoms with Crippen LogP contribution in [0.1, 0.15) is 156 Å². The molecule has 0 bridgehead atoms. The number of hydrogen-bond donors (Lipinski definition) is 0. The molecular formula is C27H54O2. The highest BCUT2D eigenvalue weighted by Crippen LogP contribution is 2.23. The molecule has 0 saturated heterocycles. The molecule has 0 radical (unpaired) electrons. The molecule has 0 aliphatic rings. The molecule has 0 aromatic carbocycles. The molecule has 0 heterocycles. The summed E-state index contributed by atoms with van der Waals surface area (Å²) in [6.07, 6.45) is 26.7. The molecule has 2 heteroatoms. The van der Waals surface area contributed by atoms with E-state index in [4.69, 9.17) is 4.74 Å². The number of hydrogen-bond acceptors (Lipinski definition) is 2. The maximum atomic E-state index is 12.3. The zero-order valence-electron chi connectivity index (χ0n) is 20.5. The Morgan fingerprint density at radius 2 is 0.931 bits per heavy atom. The smallest absolute Gasteiger partial charge is 0.306 e. The van der Waals surface area contributed by atoms with Crippen LogP contribution in [-0.2, 0) is 9.53 Å². The van der Waals surface area contributed by atoms with Crippen LogP contribution in [0, 0.1) is 5.92 Å². The Bertz CT molecular complexity index is 326. The maximum Gasteiger partial charge on any atom is 0.306 e. The van der Waals surface area contributed by atoms with Crippen molar-refractivity contribution in [2.45, 2.75) is 156 Å². The Morgan fingerprint density at radius 1 is 0.552 bits per heavy atom. The van der Waals surface area contributed by atoms with Gasteiger partial charge in [-0.1, -0.05) is 130 Å². The first-order chi connectivity index (χ1) is 14.2. The van der Waals surface area contributed by atoms with Crippen molar-refractivity contribution >= 4 is 5.97 Å². The van der Waals surface area contributed by atoms with E-state index in [0.29, 0.717) is 18.9 Å². The Kier molecular flexibility index (Phi) is 23.3. The molecule has 0 aromatic rings. The summed E-state index contributed by atoms with van der Waals surface area (Å²) in [7, 11) is 0. The van der Waals surface area contributed by atoms with Gasteiger partial charge in [-0.2, -0.15) is 0 Å². The van der Waals surface area contributed by atoms with E-state index in [-0.39, 0.29) is 5.97 Å². The third kappa shape index (κ3) is 22.0. The van der Waals surface area contributed by atoms with Crippen LogP contribution in [0.3, 0.4) is 0 Å². The molecule has 0 amide bonds. The van der Waals surface area contributed by atoms with Crippen molar-refractivity contribution in [2.75, 3.05) is 6.61 Å². The molecule has 2 nitrogen and oxygen atoms in total. The molecule has 0 aliphatic carbocycles. The highest BCUT2D eigenvalue weighted by atomic mass is 16.5. The number of rotatable bonds is 23. The molecule has 0 spiro atoms. The van der Waals surface area contributed by atoms with Crippen molar-refractivity contribution in [1.82, 2.24) is 0 Å². The fourth-order valence-corrected chi connectivity index (χ4v) is 4.14. The monoisotopic (exact) mass is 410 g/mol. The van der Waals surface area contributed by atoms with E-state index in [0.717, 1.165) is 6.42 Å². The predicted octanol–water partition coefficient (Wildman–Crippen LogP) is 9.40. The van der Waals surface area contributed by atoms with E-state index >= 15 is 0 Å². The standard InChI is InChI=1S/C27H54O2/c1-4-7-10-13-15-16-18-20-23-26(22-19-17-14-11-8-5-2)25-27(28)29-24-21-12-9-6-3/h26H,4-25H2,1-3H3. The number of carbonyl (C=O) groups is 1. The third-order valence-electron chi connectivity index (χ3n) is 6.15. The summed E-state index contributed by atoms with van der Waals surface area (Å²) >= 11 is 0. The zero-order chi connectivity index (χ0) is 21.4. The van der Waals surface area contributed by atoms with E-state index < -0.39 is 0 Å². The largest absolute Gasteiger partial charge is 0.466 e. The minimum Gasteiger partial charge on any atom is -0.466 e. The van der Waals surface area contributed by atoms with Gasteiger partial charge in [-0.05, 0) is 25.2 Å². The molecule has 0 aromatic heterocycles. The Morgan fingerprint density at radius 3 is 1.38 bits per heavy atom. The summed E-state index contributed by atoms with van der Waals surface area (Å²) in [5.41, 5.74) is 0. The highest BCUT2D eigenvalue weighted by Gasteiger charge is 2.14. The normalized spacial score (nSPS) is 12.2. The Labute approximate surface area is 184 Å². The maximum absolute atomic E-state index is 12.3. The lowest BCUT2D eigenvalue weighted by molar-refractivity contribution is -0.145. The van der Waals surface area contributed by atoms with Crippen molar-refractivity contribution in [3.8, 4) is 0 Å². The fraction of sp³-hybridized carbons (Fsp3) is 0.963. The van der Waals surface area contributed by atoms with Gasteiger partial charge in [0.25, 0.3) is 0 Å². The first-order valence-electron chi connectivity index (χ1n) is 13.4. The fourth-order valence-electron chi connectivity index (χ4n) is 4.14. The second kappa shape index (κ2) is 23.7. The van der Waals surface area contributed by atoms with Gasteiger partial charge in [0, 0.05) is 6.42 Å². The number of esters is 1. The summed E-state index contributed by atoms with van der Waals surface area (Å²) in [4.78, 5) is 12.3. The molecule has 0 saturated carbocycles. The third-order valence-corrected chi connectivity index (χ3v) is 6.15. The molecular weight excluding hydrogens is 356 g/mol. The first-order valence-corrected chi connectivity index (χ1v) is 13.4. The summed E-state index contributed by atoms with van der Waals surface area (Å²) in [6.45, 7) is 7.39. The average molecular weight is 411 g/mol. The van der Waals surface area contributed by atoms with Gasteiger partial charge >= 0.3 is 5.97 Å². The summed E-state index contributed by atoms with van der Waals surface area (Å²) in [5, 5.41) is 0. The molecule has 0 aliphatic heterocycles. The van der Waals surface area contributed by atoms with Crippen LogP contribution >= 0.6 is 0 Å². The van der Waals surface area contributed by atoms with Crippen LogP contribution in [0.5, 0.6) is 0 Å². The highest BCUT2D eigenvalue weighted by molar-refractivity contribution is 5.69. The van der Waals surface area contributed by atoms with E-state index in [1.807, 2.05) is 0 Å². The topological polar surface area (TPSA) is 26.3 Å². The van der Waals surface area contributed by atoms with Crippen molar-refractivity contribution in [1.29, 1.82) is 0 Å². The van der Waals surface area contributed by atoms with Crippen LogP contribution < -0.4 is 0 Å². The van der Waals surface area contributed by atoms with Gasteiger partial charge in [0.15, 0.2) is 0 Å². The van der Waals surface area contributed by atoms with Crippen LogP contribution in [-0.4, -0.2) is 12.6 Å². The molecule has 174 valence electrons. The van der Waals surface area contributed by atoms with Crippen LogP contribution in [0.25, 0.3) is 0 Å². The minimum absolute atomic E-state index is 0.0528. The van der Waals surface area contributed by atoms with Gasteiger partial charge in [0.1, 0.15) is 0 Å². The lowest BCUT2D eigenvalue weighted by atomic mass is 9.91. The van der Waals surface area contributed by atoms with E-state index in [2.05, 4.69) is 20.8 Å². The minimum atomic E-state index is 0.0528. The lowest BCUT2D eigenvalue weighted by Gasteiger charge is -2.16. The first kappa shape index (κ1) is 28.5. The second-order valence-electron chi connectivity index (χ2n) is 9.17. The SMILES string of the molecule is CCCCCCCCCCC(CCCCCCCC)CC(=O)OCCCCCC. The van der Waals surface area contributed by atoms with E-state index in [9.17, 15) is 4.79 Å². The number of unbranched alkanes of at least 4 members (excludes halogenated alkanes) is 15. The summed E-state index contributed by atoms with van der Waals surface area (Å²) in [6, 6.07) is 0. The predicted molar refractivity (Wildman–Crippen MR) is 128 cm³/mol. The van der Waals surface area contributed by atoms with Crippen LogP contribution in [0.4, 0.5) is 0 Å². The van der Waals surface area contributed by atoms with Crippen molar-refractivity contribution in [3.05, 3.63) is 0 Å². The van der Waals surface area contributed by atoms with Crippen LogP contribution in [0.15, 0.2) is 0 Å². The van der Waals surface area contributed by atoms with Gasteiger partial charge in [0.2, 0.25) is 0 Å². The van der Waals surface area contributed by atoms with Crippen molar-refractivity contribution < 1.29 is 9.53 Å². The van der Waals surface area contributed by atoms with Crippen molar-refractivity contribution in [3.63, 3.8) is 0 Å². The van der Waals surface area contributed by atoms with Gasteiger partial charge in [-0.25, -0.2) is 0 Å². The zero-order valence-corrected chi connectivity index (χ0v) is 20.5. The van der Waals surface area contributed by atoms with Crippen LogP contribution in [0.2, 0.25) is 0 Å². The summed E-state index contributed by atoms with van der Waals surface area (Å²) < 4.78 is 5.52. The number of carbonyl (C=O) groups excluding carboxylic acids is 1. The molecule has 0 N–H and O–H groups in total. The van der Waals surface area contributed by atoms with Gasteiger partial charge in [-0.3, -0.25) is 4.79 Å². The Balaban J connectivity index is 3.99. The second-order valence-corrected chi connectivity index (χ2v) is 9.17. The summed E-state index contributed by atoms with van der Waals surface area (Å²) in [5.74, 6) is 0.599. The molecule has 1 atom stereocenters. The quantitative estimate of drug-likeness (QED) is 0.124. The van der Waals surface area contributed by atoms with Crippen molar-refractivity contribution in [2.24, 2.45) is 5.92 Å². The molecule has 0 rings (SSSR count). The average Bonchev–Trinajstić information content (AvgIpc) is 2.72. The molecule has 29 heavy (non-hydrogen) atoms. The lowest BCUT2D eigenvalue weighted by Crippen LogP contribution is -2.13. The van der Waals surface area contributed by atoms with Gasteiger partial charge in [0.05, 0.1) is 6.61 Å². The van der Waals surface area contributed by atoms with E-state index in [1.165, 1.54) is 122 Å². The Hall–Kier alpha value is -0.530. The van der Waals surface area contributed by atoms with E-state index in [1.54, 1.807) is 0 Å².